The van der Waals surface area contributed by atoms with Crippen LogP contribution in [0.1, 0.15) is 37.3 Å². The summed E-state index contributed by atoms with van der Waals surface area (Å²) < 4.78 is 1.21. The standard InChI is InChI=1S/C23H30NO.HI/c1-2-15-24-16-13-19(14-17-24)22(18-24)23(25,20-9-5-3-6-10-20)21-11-7-4-8-12-21;/h3-12,19,22,25H,2,13-18H2,1H3;1H/q+1;/p-1. The van der Waals surface area contributed by atoms with E-state index in [1.807, 2.05) is 12.1 Å². The number of rotatable bonds is 5. The molecule has 5 rings (SSSR count). The van der Waals surface area contributed by atoms with E-state index < -0.39 is 5.60 Å². The summed E-state index contributed by atoms with van der Waals surface area (Å²) in [5, 5.41) is 12.2. The topological polar surface area (TPSA) is 20.2 Å². The third kappa shape index (κ3) is 3.34. The van der Waals surface area contributed by atoms with E-state index in [1.165, 1.54) is 43.4 Å². The van der Waals surface area contributed by atoms with Gasteiger partial charge in [0.2, 0.25) is 0 Å². The number of benzene rings is 2. The van der Waals surface area contributed by atoms with Crippen molar-refractivity contribution in [2.45, 2.75) is 31.8 Å². The summed E-state index contributed by atoms with van der Waals surface area (Å²) >= 11 is 0. The highest BCUT2D eigenvalue weighted by Crippen LogP contribution is 2.49. The van der Waals surface area contributed by atoms with Gasteiger partial charge >= 0.3 is 0 Å². The molecule has 2 aromatic rings. The first kappa shape index (κ1) is 19.8. The van der Waals surface area contributed by atoms with Crippen LogP contribution in [0.5, 0.6) is 0 Å². The van der Waals surface area contributed by atoms with E-state index in [0.717, 1.165) is 17.7 Å². The first-order valence-corrected chi connectivity index (χ1v) is 9.86. The predicted molar refractivity (Wildman–Crippen MR) is 102 cm³/mol. The summed E-state index contributed by atoms with van der Waals surface area (Å²) in [5.41, 5.74) is 1.22. The molecule has 1 atom stereocenters. The Bertz CT molecular complexity index is 650. The van der Waals surface area contributed by atoms with Crippen molar-refractivity contribution in [3.8, 4) is 0 Å². The van der Waals surface area contributed by atoms with Gasteiger partial charge in [0.25, 0.3) is 0 Å². The normalized spacial score (nSPS) is 27.8. The lowest BCUT2D eigenvalue weighted by Gasteiger charge is -2.56. The lowest BCUT2D eigenvalue weighted by atomic mass is 9.64. The van der Waals surface area contributed by atoms with Gasteiger partial charge in [-0.05, 0) is 23.5 Å². The number of nitrogens with zero attached hydrogens (tertiary/aromatic N) is 1. The van der Waals surface area contributed by atoms with Crippen LogP contribution in [-0.2, 0) is 5.60 Å². The van der Waals surface area contributed by atoms with Gasteiger partial charge in [-0.25, -0.2) is 0 Å². The van der Waals surface area contributed by atoms with Crippen molar-refractivity contribution in [1.29, 1.82) is 0 Å². The maximum absolute atomic E-state index is 12.2. The highest BCUT2D eigenvalue weighted by Gasteiger charge is 2.54. The van der Waals surface area contributed by atoms with Crippen LogP contribution in [0.3, 0.4) is 0 Å². The summed E-state index contributed by atoms with van der Waals surface area (Å²) in [7, 11) is 0. The summed E-state index contributed by atoms with van der Waals surface area (Å²) in [6, 6.07) is 20.7. The van der Waals surface area contributed by atoms with Gasteiger partial charge in [-0.15, -0.1) is 0 Å². The highest BCUT2D eigenvalue weighted by molar-refractivity contribution is 5.37. The van der Waals surface area contributed by atoms with Gasteiger partial charge in [-0.3, -0.25) is 0 Å². The van der Waals surface area contributed by atoms with Gasteiger partial charge < -0.3 is 33.6 Å². The van der Waals surface area contributed by atoms with Crippen molar-refractivity contribution in [2.75, 3.05) is 26.2 Å². The molecule has 0 radical (unpaired) electrons. The second kappa shape index (κ2) is 7.99. The van der Waals surface area contributed by atoms with Crippen LogP contribution in [0.4, 0.5) is 0 Å². The fourth-order valence-electron chi connectivity index (χ4n) is 5.53. The van der Waals surface area contributed by atoms with Gasteiger partial charge in [0, 0.05) is 18.8 Å². The van der Waals surface area contributed by atoms with Gasteiger partial charge in [-0.1, -0.05) is 67.6 Å². The van der Waals surface area contributed by atoms with Crippen LogP contribution in [0.2, 0.25) is 0 Å². The molecule has 1 unspecified atom stereocenters. The molecular formula is C23H30INO. The molecule has 2 bridgehead atoms. The Labute approximate surface area is 174 Å². The number of halogens is 1. The third-order valence-corrected chi connectivity index (χ3v) is 6.76. The molecule has 3 aliphatic heterocycles. The third-order valence-electron chi connectivity index (χ3n) is 6.76. The fourth-order valence-corrected chi connectivity index (χ4v) is 5.53. The van der Waals surface area contributed by atoms with Crippen molar-refractivity contribution in [3.05, 3.63) is 71.8 Å². The minimum Gasteiger partial charge on any atom is -1.00 e. The molecule has 0 aromatic heterocycles. The second-order valence-corrected chi connectivity index (χ2v) is 8.14. The Morgan fingerprint density at radius 2 is 1.42 bits per heavy atom. The quantitative estimate of drug-likeness (QED) is 0.522. The average molecular weight is 463 g/mol. The minimum absolute atomic E-state index is 0. The lowest BCUT2D eigenvalue weighted by Crippen LogP contribution is -3.00. The smallest absolute Gasteiger partial charge is 0.123 e. The Balaban J connectivity index is 0.00000196. The van der Waals surface area contributed by atoms with E-state index in [2.05, 4.69) is 55.5 Å². The molecule has 3 saturated heterocycles. The number of aliphatic hydroxyl groups is 1. The average Bonchev–Trinajstić information content (AvgIpc) is 2.69. The molecule has 0 saturated carbocycles. The van der Waals surface area contributed by atoms with E-state index in [4.69, 9.17) is 0 Å². The monoisotopic (exact) mass is 463 g/mol. The number of hydrogen-bond donors (Lipinski definition) is 1. The lowest BCUT2D eigenvalue weighted by molar-refractivity contribution is -0.948. The maximum Gasteiger partial charge on any atom is 0.123 e. The Hall–Kier alpha value is -0.910. The number of fused-ring (bicyclic) bond motifs is 3. The second-order valence-electron chi connectivity index (χ2n) is 8.14. The minimum atomic E-state index is -0.884. The summed E-state index contributed by atoms with van der Waals surface area (Å²) in [4.78, 5) is 0. The van der Waals surface area contributed by atoms with Gasteiger partial charge in [0.05, 0.1) is 26.2 Å². The Kier molecular flexibility index (Phi) is 6.10. The zero-order chi connectivity index (χ0) is 17.3. The van der Waals surface area contributed by atoms with Crippen LogP contribution in [0.25, 0.3) is 0 Å². The van der Waals surface area contributed by atoms with Crippen molar-refractivity contribution in [2.24, 2.45) is 11.8 Å². The molecule has 0 aliphatic carbocycles. The molecule has 0 spiro atoms. The van der Waals surface area contributed by atoms with E-state index in [1.54, 1.807) is 0 Å². The van der Waals surface area contributed by atoms with Crippen LogP contribution < -0.4 is 24.0 Å². The van der Waals surface area contributed by atoms with Crippen molar-refractivity contribution < 1.29 is 33.6 Å². The summed E-state index contributed by atoms with van der Waals surface area (Å²) in [6.45, 7) is 7.26. The largest absolute Gasteiger partial charge is 1.00 e. The van der Waals surface area contributed by atoms with Crippen LogP contribution in [-0.4, -0.2) is 35.8 Å². The number of piperidine rings is 3. The zero-order valence-corrected chi connectivity index (χ0v) is 17.8. The number of hydrogen-bond acceptors (Lipinski definition) is 1. The van der Waals surface area contributed by atoms with Crippen molar-refractivity contribution in [1.82, 2.24) is 0 Å². The maximum atomic E-state index is 12.2. The van der Waals surface area contributed by atoms with Crippen LogP contribution in [0, 0.1) is 11.8 Å². The first-order valence-electron chi connectivity index (χ1n) is 9.86. The fraction of sp³-hybridized carbons (Fsp3) is 0.478. The van der Waals surface area contributed by atoms with E-state index in [9.17, 15) is 5.11 Å². The van der Waals surface area contributed by atoms with Gasteiger partial charge in [-0.2, -0.15) is 0 Å². The van der Waals surface area contributed by atoms with Crippen LogP contribution >= 0.6 is 0 Å². The molecule has 0 amide bonds. The SMILES string of the molecule is CCC[N+]12CCC(CC1)C(C(O)(c1ccccc1)c1ccccc1)C2.[I-]. The molecule has 2 aromatic carbocycles. The van der Waals surface area contributed by atoms with Gasteiger partial charge in [0.15, 0.2) is 0 Å². The molecule has 1 N–H and O–H groups in total. The van der Waals surface area contributed by atoms with E-state index >= 15 is 0 Å². The van der Waals surface area contributed by atoms with Crippen molar-refractivity contribution >= 4 is 0 Å². The predicted octanol–water partition coefficient (Wildman–Crippen LogP) is 1.19. The molecule has 2 nitrogen and oxygen atoms in total. The summed E-state index contributed by atoms with van der Waals surface area (Å²) in [5.74, 6) is 0.925. The zero-order valence-electron chi connectivity index (χ0n) is 15.7. The van der Waals surface area contributed by atoms with Gasteiger partial charge in [0.1, 0.15) is 5.60 Å². The highest BCUT2D eigenvalue weighted by atomic mass is 127. The summed E-state index contributed by atoms with van der Waals surface area (Å²) in [6.07, 6.45) is 3.74. The Morgan fingerprint density at radius 1 is 0.923 bits per heavy atom. The van der Waals surface area contributed by atoms with E-state index in [0.29, 0.717) is 11.8 Å². The molecule has 3 fully saturated rings. The molecule has 3 heteroatoms. The van der Waals surface area contributed by atoms with E-state index in [-0.39, 0.29) is 24.0 Å². The molecule has 3 aliphatic rings. The Morgan fingerprint density at radius 3 is 1.88 bits per heavy atom. The molecular weight excluding hydrogens is 433 g/mol. The molecule has 140 valence electrons. The van der Waals surface area contributed by atoms with Crippen LogP contribution in [0.15, 0.2) is 60.7 Å². The first-order chi connectivity index (χ1) is 12.2. The van der Waals surface area contributed by atoms with Crippen molar-refractivity contribution in [3.63, 3.8) is 0 Å². The molecule has 3 heterocycles. The number of quaternary nitrogens is 1. The molecule has 26 heavy (non-hydrogen) atoms.